The number of ether oxygens (including phenoxy) is 1. The molecule has 1 aliphatic heterocycles. The van der Waals surface area contributed by atoms with E-state index in [4.69, 9.17) is 16.3 Å². The van der Waals surface area contributed by atoms with Gasteiger partial charge < -0.3 is 4.74 Å². The zero-order valence-electron chi connectivity index (χ0n) is 12.8. The molecular formula is C18H27ClO. The molecular weight excluding hydrogens is 268 g/mol. The lowest BCUT2D eigenvalue weighted by Gasteiger charge is -2.23. The highest BCUT2D eigenvalue weighted by Crippen LogP contribution is 2.30. The van der Waals surface area contributed by atoms with E-state index in [1.807, 2.05) is 0 Å². The lowest BCUT2D eigenvalue weighted by Crippen LogP contribution is -2.19. The van der Waals surface area contributed by atoms with Gasteiger partial charge in [0.1, 0.15) is 0 Å². The van der Waals surface area contributed by atoms with Crippen molar-refractivity contribution in [2.24, 2.45) is 0 Å². The Bertz CT molecular complexity index is 381. The van der Waals surface area contributed by atoms with E-state index in [1.54, 1.807) is 0 Å². The first-order chi connectivity index (χ1) is 9.70. The molecule has 1 heterocycles. The fourth-order valence-electron chi connectivity index (χ4n) is 2.80. The molecule has 1 nitrogen and oxygen atoms in total. The van der Waals surface area contributed by atoms with Crippen LogP contribution < -0.4 is 0 Å². The fraction of sp³-hybridized carbons (Fsp3) is 0.667. The zero-order chi connectivity index (χ0) is 14.4. The van der Waals surface area contributed by atoms with Gasteiger partial charge in [0.05, 0.1) is 11.5 Å². The summed E-state index contributed by atoms with van der Waals surface area (Å²) in [6, 6.07) is 8.85. The molecule has 2 heteroatoms. The highest BCUT2D eigenvalue weighted by atomic mass is 35.5. The largest absolute Gasteiger partial charge is 0.378 e. The Labute approximate surface area is 128 Å². The van der Waals surface area contributed by atoms with Crippen LogP contribution in [0.25, 0.3) is 0 Å². The van der Waals surface area contributed by atoms with Crippen molar-refractivity contribution in [1.29, 1.82) is 0 Å². The molecule has 0 saturated carbocycles. The summed E-state index contributed by atoms with van der Waals surface area (Å²) in [4.78, 5) is 0. The SMILES string of the molecule is CCC(C)c1ccc(C(Cl)CCC2CCCCO2)cc1. The Morgan fingerprint density at radius 3 is 2.50 bits per heavy atom. The highest BCUT2D eigenvalue weighted by molar-refractivity contribution is 6.20. The third-order valence-corrected chi connectivity index (χ3v) is 4.97. The zero-order valence-corrected chi connectivity index (χ0v) is 13.5. The van der Waals surface area contributed by atoms with E-state index in [0.29, 0.717) is 12.0 Å². The van der Waals surface area contributed by atoms with Gasteiger partial charge in [-0.1, -0.05) is 38.1 Å². The van der Waals surface area contributed by atoms with Crippen LogP contribution in [-0.4, -0.2) is 12.7 Å². The van der Waals surface area contributed by atoms with Crippen molar-refractivity contribution in [3.63, 3.8) is 0 Å². The maximum atomic E-state index is 6.54. The minimum atomic E-state index is 0.117. The molecule has 0 amide bonds. The van der Waals surface area contributed by atoms with Gasteiger partial charge in [-0.25, -0.2) is 0 Å². The molecule has 0 aliphatic carbocycles. The topological polar surface area (TPSA) is 9.23 Å². The Balaban J connectivity index is 1.83. The molecule has 112 valence electrons. The van der Waals surface area contributed by atoms with Crippen molar-refractivity contribution in [2.75, 3.05) is 6.61 Å². The molecule has 1 aromatic carbocycles. The first-order valence-corrected chi connectivity index (χ1v) is 8.50. The van der Waals surface area contributed by atoms with Crippen LogP contribution in [0.3, 0.4) is 0 Å². The minimum absolute atomic E-state index is 0.117. The average molecular weight is 295 g/mol. The second-order valence-electron chi connectivity index (χ2n) is 6.01. The van der Waals surface area contributed by atoms with Gasteiger partial charge in [-0.05, 0) is 55.6 Å². The van der Waals surface area contributed by atoms with E-state index in [2.05, 4.69) is 38.1 Å². The molecule has 20 heavy (non-hydrogen) atoms. The Morgan fingerprint density at radius 1 is 1.20 bits per heavy atom. The van der Waals surface area contributed by atoms with Crippen molar-refractivity contribution < 1.29 is 4.74 Å². The summed E-state index contributed by atoms with van der Waals surface area (Å²) >= 11 is 6.54. The average Bonchev–Trinajstić information content (AvgIpc) is 2.53. The molecule has 1 aliphatic rings. The van der Waals surface area contributed by atoms with Gasteiger partial charge in [0.2, 0.25) is 0 Å². The van der Waals surface area contributed by atoms with Gasteiger partial charge in [-0.15, -0.1) is 11.6 Å². The molecule has 1 saturated heterocycles. The summed E-state index contributed by atoms with van der Waals surface area (Å²) in [5.74, 6) is 0.633. The summed E-state index contributed by atoms with van der Waals surface area (Å²) in [7, 11) is 0. The molecule has 0 bridgehead atoms. The van der Waals surface area contributed by atoms with Gasteiger partial charge in [0.25, 0.3) is 0 Å². The summed E-state index contributed by atoms with van der Waals surface area (Å²) < 4.78 is 5.77. The smallest absolute Gasteiger partial charge is 0.0586 e. The van der Waals surface area contributed by atoms with Gasteiger partial charge in [0.15, 0.2) is 0 Å². The molecule has 0 radical (unpaired) electrons. The molecule has 3 atom stereocenters. The molecule has 0 spiro atoms. The van der Waals surface area contributed by atoms with Crippen molar-refractivity contribution >= 4 is 11.6 Å². The van der Waals surface area contributed by atoms with Crippen LogP contribution in [0.15, 0.2) is 24.3 Å². The lowest BCUT2D eigenvalue weighted by molar-refractivity contribution is 0.0100. The van der Waals surface area contributed by atoms with E-state index in [0.717, 1.165) is 19.4 Å². The maximum Gasteiger partial charge on any atom is 0.0586 e. The van der Waals surface area contributed by atoms with Crippen LogP contribution >= 0.6 is 11.6 Å². The predicted octanol–water partition coefficient (Wildman–Crippen LogP) is 5.83. The second kappa shape index (κ2) is 8.05. The van der Waals surface area contributed by atoms with Crippen LogP contribution in [0.1, 0.15) is 74.8 Å². The standard InChI is InChI=1S/C18H27ClO/c1-3-14(2)15-7-9-16(10-8-15)18(19)12-11-17-6-4-5-13-20-17/h7-10,14,17-18H,3-6,11-13H2,1-2H3. The van der Waals surface area contributed by atoms with Crippen molar-refractivity contribution in [3.05, 3.63) is 35.4 Å². The maximum absolute atomic E-state index is 6.54. The Hall–Kier alpha value is -0.530. The Kier molecular flexibility index (Phi) is 6.38. The van der Waals surface area contributed by atoms with E-state index in [-0.39, 0.29) is 5.38 Å². The molecule has 0 N–H and O–H groups in total. The molecule has 3 unspecified atom stereocenters. The number of benzene rings is 1. The van der Waals surface area contributed by atoms with Crippen molar-refractivity contribution in [1.82, 2.24) is 0 Å². The fourth-order valence-corrected chi connectivity index (χ4v) is 3.07. The third kappa shape index (κ3) is 4.49. The van der Waals surface area contributed by atoms with E-state index in [1.165, 1.54) is 36.8 Å². The summed E-state index contributed by atoms with van der Waals surface area (Å²) in [5, 5.41) is 0.117. The normalized spacial score (nSPS) is 22.4. The van der Waals surface area contributed by atoms with Gasteiger partial charge in [-0.2, -0.15) is 0 Å². The summed E-state index contributed by atoms with van der Waals surface area (Å²) in [5.41, 5.74) is 2.66. The van der Waals surface area contributed by atoms with E-state index in [9.17, 15) is 0 Å². The van der Waals surface area contributed by atoms with E-state index >= 15 is 0 Å². The number of alkyl halides is 1. The molecule has 2 rings (SSSR count). The predicted molar refractivity (Wildman–Crippen MR) is 86.6 cm³/mol. The Morgan fingerprint density at radius 2 is 1.90 bits per heavy atom. The van der Waals surface area contributed by atoms with Crippen LogP contribution in [0.4, 0.5) is 0 Å². The number of hydrogen-bond acceptors (Lipinski definition) is 1. The summed E-state index contributed by atoms with van der Waals surface area (Å²) in [6.07, 6.45) is 7.44. The van der Waals surface area contributed by atoms with Gasteiger partial charge in [-0.3, -0.25) is 0 Å². The lowest BCUT2D eigenvalue weighted by atomic mass is 9.95. The van der Waals surface area contributed by atoms with Gasteiger partial charge >= 0.3 is 0 Å². The summed E-state index contributed by atoms with van der Waals surface area (Å²) in [6.45, 7) is 5.43. The van der Waals surface area contributed by atoms with Crippen LogP contribution in [0, 0.1) is 0 Å². The van der Waals surface area contributed by atoms with Crippen LogP contribution in [-0.2, 0) is 4.74 Å². The molecule has 1 fully saturated rings. The highest BCUT2D eigenvalue weighted by Gasteiger charge is 2.16. The van der Waals surface area contributed by atoms with Crippen LogP contribution in [0.5, 0.6) is 0 Å². The van der Waals surface area contributed by atoms with Crippen LogP contribution in [0.2, 0.25) is 0 Å². The van der Waals surface area contributed by atoms with Crippen molar-refractivity contribution in [3.8, 4) is 0 Å². The molecule has 1 aromatic rings. The number of rotatable bonds is 6. The number of halogens is 1. The first kappa shape index (κ1) is 15.9. The quantitative estimate of drug-likeness (QED) is 0.600. The monoisotopic (exact) mass is 294 g/mol. The molecule has 0 aromatic heterocycles. The van der Waals surface area contributed by atoms with Gasteiger partial charge in [0, 0.05) is 6.61 Å². The minimum Gasteiger partial charge on any atom is -0.378 e. The first-order valence-electron chi connectivity index (χ1n) is 8.06. The number of hydrogen-bond donors (Lipinski definition) is 0. The third-order valence-electron chi connectivity index (χ3n) is 4.50. The van der Waals surface area contributed by atoms with Crippen molar-refractivity contribution in [2.45, 2.75) is 69.8 Å². The van der Waals surface area contributed by atoms with E-state index < -0.39 is 0 Å². The second-order valence-corrected chi connectivity index (χ2v) is 6.54.